The van der Waals surface area contributed by atoms with Crippen molar-refractivity contribution in [3.8, 4) is 0 Å². The first-order valence-corrected chi connectivity index (χ1v) is 7.56. The van der Waals surface area contributed by atoms with Crippen molar-refractivity contribution in [1.29, 1.82) is 0 Å². The quantitative estimate of drug-likeness (QED) is 0.859. The Balaban J connectivity index is 2.28. The fourth-order valence-corrected chi connectivity index (χ4v) is 3.18. The zero-order valence-corrected chi connectivity index (χ0v) is 13.0. The van der Waals surface area contributed by atoms with Crippen molar-refractivity contribution in [3.63, 3.8) is 0 Å². The van der Waals surface area contributed by atoms with E-state index < -0.39 is 5.41 Å². The third-order valence-corrected chi connectivity index (χ3v) is 4.66. The van der Waals surface area contributed by atoms with Crippen LogP contribution in [0, 0.1) is 0 Å². The van der Waals surface area contributed by atoms with Gasteiger partial charge in [-0.05, 0) is 57.7 Å². The molecule has 2 rings (SSSR count). The molecule has 1 fully saturated rings. The van der Waals surface area contributed by atoms with E-state index in [0.29, 0.717) is 12.1 Å². The van der Waals surface area contributed by atoms with Gasteiger partial charge in [0.05, 0.1) is 5.41 Å². The monoisotopic (exact) mass is 274 g/mol. The number of nitrogens with two attached hydrogens (primary N) is 1. The molecule has 1 amide bonds. The lowest BCUT2D eigenvalue weighted by Crippen LogP contribution is -2.48. The zero-order valence-electron chi connectivity index (χ0n) is 13.0. The number of hydrogen-bond donors (Lipinski definition) is 1. The van der Waals surface area contributed by atoms with Crippen LogP contribution >= 0.6 is 0 Å². The minimum atomic E-state index is -0.500. The summed E-state index contributed by atoms with van der Waals surface area (Å²) in [5.41, 5.74) is 7.01. The molecule has 1 heterocycles. The lowest BCUT2D eigenvalue weighted by molar-refractivity contribution is -0.139. The van der Waals surface area contributed by atoms with E-state index in [2.05, 4.69) is 18.7 Å². The van der Waals surface area contributed by atoms with Crippen molar-refractivity contribution in [2.75, 3.05) is 5.73 Å². The Labute approximate surface area is 122 Å². The smallest absolute Gasteiger partial charge is 0.233 e. The standard InChI is InChI=1S/C17H26N2O/c1-5-15-11-6-12(2)19(15)16(20)17(3,4)13-7-9-14(18)10-8-13/h7-10,12,15H,5-6,11,18H2,1-4H3. The third kappa shape index (κ3) is 2.54. The van der Waals surface area contributed by atoms with Gasteiger partial charge in [-0.25, -0.2) is 0 Å². The molecule has 1 saturated heterocycles. The van der Waals surface area contributed by atoms with E-state index >= 15 is 0 Å². The Kier molecular flexibility index (Phi) is 4.07. The van der Waals surface area contributed by atoms with E-state index in [-0.39, 0.29) is 5.91 Å². The lowest BCUT2D eigenvalue weighted by atomic mass is 9.82. The molecule has 1 aromatic carbocycles. The molecular weight excluding hydrogens is 248 g/mol. The molecule has 20 heavy (non-hydrogen) atoms. The van der Waals surface area contributed by atoms with Crippen molar-refractivity contribution < 1.29 is 4.79 Å². The highest BCUT2D eigenvalue weighted by molar-refractivity contribution is 5.88. The number of amides is 1. The fourth-order valence-electron chi connectivity index (χ4n) is 3.18. The number of nitrogen functional groups attached to an aromatic ring is 1. The Morgan fingerprint density at radius 2 is 1.90 bits per heavy atom. The number of rotatable bonds is 3. The Morgan fingerprint density at radius 1 is 1.30 bits per heavy atom. The van der Waals surface area contributed by atoms with Gasteiger partial charge in [0.1, 0.15) is 0 Å². The van der Waals surface area contributed by atoms with Crippen LogP contribution in [-0.4, -0.2) is 22.9 Å². The Morgan fingerprint density at radius 3 is 2.45 bits per heavy atom. The molecule has 0 radical (unpaired) electrons. The lowest BCUT2D eigenvalue weighted by Gasteiger charge is -2.36. The summed E-state index contributed by atoms with van der Waals surface area (Å²) in [4.78, 5) is 15.1. The maximum atomic E-state index is 13.0. The SMILES string of the molecule is CCC1CCC(C)N1C(=O)C(C)(C)c1ccc(N)cc1. The minimum absolute atomic E-state index is 0.235. The summed E-state index contributed by atoms with van der Waals surface area (Å²) in [5, 5.41) is 0. The number of nitrogens with zero attached hydrogens (tertiary/aromatic N) is 1. The first-order chi connectivity index (χ1) is 9.37. The van der Waals surface area contributed by atoms with Gasteiger partial charge in [0.2, 0.25) is 5.91 Å². The summed E-state index contributed by atoms with van der Waals surface area (Å²) >= 11 is 0. The second-order valence-corrected chi connectivity index (χ2v) is 6.45. The van der Waals surface area contributed by atoms with Gasteiger partial charge < -0.3 is 10.6 Å². The molecule has 3 nitrogen and oxygen atoms in total. The van der Waals surface area contributed by atoms with E-state index in [1.165, 1.54) is 0 Å². The third-order valence-electron chi connectivity index (χ3n) is 4.66. The summed E-state index contributed by atoms with van der Waals surface area (Å²) in [7, 11) is 0. The molecule has 2 unspecified atom stereocenters. The molecule has 0 spiro atoms. The highest BCUT2D eigenvalue weighted by Crippen LogP contribution is 2.33. The largest absolute Gasteiger partial charge is 0.399 e. The van der Waals surface area contributed by atoms with Crippen molar-refractivity contribution in [2.24, 2.45) is 0 Å². The minimum Gasteiger partial charge on any atom is -0.399 e. The number of anilines is 1. The van der Waals surface area contributed by atoms with Crippen LogP contribution in [0.5, 0.6) is 0 Å². The van der Waals surface area contributed by atoms with Gasteiger partial charge in [-0.3, -0.25) is 4.79 Å². The van der Waals surface area contributed by atoms with Crippen molar-refractivity contribution >= 4 is 11.6 Å². The van der Waals surface area contributed by atoms with Gasteiger partial charge in [-0.15, -0.1) is 0 Å². The van der Waals surface area contributed by atoms with Crippen LogP contribution in [0.2, 0.25) is 0 Å². The van der Waals surface area contributed by atoms with Crippen LogP contribution in [0.25, 0.3) is 0 Å². The second kappa shape index (κ2) is 5.47. The fraction of sp³-hybridized carbons (Fsp3) is 0.588. The average Bonchev–Trinajstić information content (AvgIpc) is 2.79. The van der Waals surface area contributed by atoms with Crippen LogP contribution in [0.3, 0.4) is 0 Å². The number of carbonyl (C=O) groups is 1. The molecule has 2 N–H and O–H groups in total. The molecular formula is C17H26N2O. The number of likely N-dealkylation sites (tertiary alicyclic amines) is 1. The first-order valence-electron chi connectivity index (χ1n) is 7.56. The van der Waals surface area contributed by atoms with E-state index in [9.17, 15) is 4.79 Å². The predicted molar refractivity (Wildman–Crippen MR) is 83.5 cm³/mol. The molecule has 0 aliphatic carbocycles. The van der Waals surface area contributed by atoms with Crippen LogP contribution in [0.15, 0.2) is 24.3 Å². The highest BCUT2D eigenvalue weighted by Gasteiger charge is 2.41. The second-order valence-electron chi connectivity index (χ2n) is 6.45. The summed E-state index contributed by atoms with van der Waals surface area (Å²) in [6.07, 6.45) is 3.27. The van der Waals surface area contributed by atoms with Crippen LogP contribution in [0.1, 0.15) is 52.5 Å². The number of carbonyl (C=O) groups excluding carboxylic acids is 1. The summed E-state index contributed by atoms with van der Waals surface area (Å²) < 4.78 is 0. The molecule has 0 aromatic heterocycles. The first kappa shape index (κ1) is 14.9. The normalized spacial score (nSPS) is 23.1. The maximum absolute atomic E-state index is 13.0. The van der Waals surface area contributed by atoms with Crippen molar-refractivity contribution in [3.05, 3.63) is 29.8 Å². The van der Waals surface area contributed by atoms with Crippen LogP contribution < -0.4 is 5.73 Å². The number of benzene rings is 1. The van der Waals surface area contributed by atoms with Gasteiger partial charge in [0.25, 0.3) is 0 Å². The topological polar surface area (TPSA) is 46.3 Å². The van der Waals surface area contributed by atoms with Crippen LogP contribution in [-0.2, 0) is 10.2 Å². The van der Waals surface area contributed by atoms with Gasteiger partial charge in [-0.1, -0.05) is 19.1 Å². The van der Waals surface area contributed by atoms with Gasteiger partial charge in [-0.2, -0.15) is 0 Å². The molecule has 1 aliphatic rings. The molecule has 0 saturated carbocycles. The van der Waals surface area contributed by atoms with Gasteiger partial charge in [0.15, 0.2) is 0 Å². The van der Waals surface area contributed by atoms with Gasteiger partial charge in [0, 0.05) is 17.8 Å². The van der Waals surface area contributed by atoms with Crippen LogP contribution in [0.4, 0.5) is 5.69 Å². The Hall–Kier alpha value is -1.51. The molecule has 110 valence electrons. The zero-order chi connectivity index (χ0) is 14.9. The Bertz CT molecular complexity index is 478. The maximum Gasteiger partial charge on any atom is 0.233 e. The predicted octanol–water partition coefficient (Wildman–Crippen LogP) is 3.34. The van der Waals surface area contributed by atoms with Crippen molar-refractivity contribution in [2.45, 2.75) is 64.5 Å². The molecule has 3 heteroatoms. The molecule has 2 atom stereocenters. The molecule has 1 aromatic rings. The van der Waals surface area contributed by atoms with E-state index in [1.54, 1.807) is 0 Å². The summed E-state index contributed by atoms with van der Waals surface area (Å²) in [6.45, 7) is 8.35. The van der Waals surface area contributed by atoms with E-state index in [0.717, 1.165) is 30.5 Å². The van der Waals surface area contributed by atoms with E-state index in [4.69, 9.17) is 5.73 Å². The number of hydrogen-bond acceptors (Lipinski definition) is 2. The van der Waals surface area contributed by atoms with Gasteiger partial charge >= 0.3 is 0 Å². The molecule has 1 aliphatic heterocycles. The van der Waals surface area contributed by atoms with Crippen molar-refractivity contribution in [1.82, 2.24) is 4.90 Å². The summed E-state index contributed by atoms with van der Waals surface area (Å²) in [6, 6.07) is 8.42. The molecule has 0 bridgehead atoms. The van der Waals surface area contributed by atoms with E-state index in [1.807, 2.05) is 38.1 Å². The summed E-state index contributed by atoms with van der Waals surface area (Å²) in [5.74, 6) is 0.235. The average molecular weight is 274 g/mol. The highest BCUT2D eigenvalue weighted by atomic mass is 16.2.